The van der Waals surface area contributed by atoms with Crippen LogP contribution in [0.4, 0.5) is 4.39 Å². The van der Waals surface area contributed by atoms with Crippen LogP contribution in [-0.4, -0.2) is 48.0 Å². The molecule has 2 rings (SSSR count). The molecule has 8 heteroatoms. The van der Waals surface area contributed by atoms with Gasteiger partial charge in [0.25, 0.3) is 0 Å². The summed E-state index contributed by atoms with van der Waals surface area (Å²) in [5.41, 5.74) is 1.85. The number of aromatic nitrogens is 1. The molecule has 1 amide bonds. The number of nitrogens with zero attached hydrogens (tertiary/aromatic N) is 3. The van der Waals surface area contributed by atoms with E-state index in [1.807, 2.05) is 38.2 Å². The molecule has 1 heterocycles. The van der Waals surface area contributed by atoms with E-state index in [0.717, 1.165) is 19.0 Å². The van der Waals surface area contributed by atoms with E-state index in [0.29, 0.717) is 18.7 Å². The molecule has 0 spiro atoms. The van der Waals surface area contributed by atoms with Crippen molar-refractivity contribution in [2.45, 2.75) is 19.9 Å². The van der Waals surface area contributed by atoms with E-state index in [1.165, 1.54) is 17.8 Å². The molecule has 0 unspecified atom stereocenters. The first-order valence-electron chi connectivity index (χ1n) is 9.10. The summed E-state index contributed by atoms with van der Waals surface area (Å²) in [7, 11) is 4.00. The first-order chi connectivity index (χ1) is 13.0. The fourth-order valence-corrected chi connectivity index (χ4v) is 2.70. The van der Waals surface area contributed by atoms with Crippen molar-refractivity contribution in [3.63, 3.8) is 0 Å². The second-order valence-electron chi connectivity index (χ2n) is 6.36. The zero-order chi connectivity index (χ0) is 19.6. The number of aliphatic imine (C=N–C) groups is 1. The lowest BCUT2D eigenvalue weighted by atomic mass is 10.1. The van der Waals surface area contributed by atoms with Gasteiger partial charge >= 0.3 is 0 Å². The van der Waals surface area contributed by atoms with E-state index < -0.39 is 0 Å². The first-order valence-corrected chi connectivity index (χ1v) is 9.10. The van der Waals surface area contributed by atoms with E-state index in [2.05, 4.69) is 26.3 Å². The van der Waals surface area contributed by atoms with Gasteiger partial charge in [0.15, 0.2) is 5.96 Å². The van der Waals surface area contributed by atoms with Gasteiger partial charge in [-0.05, 0) is 36.8 Å². The Labute approximate surface area is 183 Å². The number of guanidine groups is 1. The van der Waals surface area contributed by atoms with Crippen LogP contribution in [0.25, 0.3) is 0 Å². The van der Waals surface area contributed by atoms with Crippen molar-refractivity contribution in [3.05, 3.63) is 59.7 Å². The number of halogens is 2. The monoisotopic (exact) mass is 501 g/mol. The molecule has 0 atom stereocenters. The predicted octanol–water partition coefficient (Wildman–Crippen LogP) is 2.54. The zero-order valence-corrected chi connectivity index (χ0v) is 18.9. The Morgan fingerprint density at radius 2 is 2.04 bits per heavy atom. The maximum absolute atomic E-state index is 13.2. The highest BCUT2D eigenvalue weighted by molar-refractivity contribution is 14.0. The summed E-state index contributed by atoms with van der Waals surface area (Å²) < 4.78 is 15.2. The lowest BCUT2D eigenvalue weighted by Gasteiger charge is -2.22. The summed E-state index contributed by atoms with van der Waals surface area (Å²) >= 11 is 0. The molecule has 0 aliphatic carbocycles. The van der Waals surface area contributed by atoms with Crippen molar-refractivity contribution in [1.82, 2.24) is 20.1 Å². The van der Waals surface area contributed by atoms with Crippen molar-refractivity contribution >= 4 is 35.8 Å². The summed E-state index contributed by atoms with van der Waals surface area (Å²) in [5, 5.41) is 6.08. The van der Waals surface area contributed by atoms with E-state index in [-0.39, 0.29) is 42.1 Å². The van der Waals surface area contributed by atoms with Crippen LogP contribution < -0.4 is 10.6 Å². The van der Waals surface area contributed by atoms with Crippen molar-refractivity contribution < 1.29 is 9.18 Å². The van der Waals surface area contributed by atoms with E-state index >= 15 is 0 Å². The second kappa shape index (κ2) is 12.4. The third-order valence-corrected chi connectivity index (χ3v) is 4.10. The van der Waals surface area contributed by atoms with Crippen LogP contribution in [0.15, 0.2) is 47.6 Å². The second-order valence-corrected chi connectivity index (χ2v) is 6.36. The third-order valence-electron chi connectivity index (χ3n) is 4.10. The molecule has 2 aromatic rings. The molecule has 0 saturated heterocycles. The van der Waals surface area contributed by atoms with Gasteiger partial charge in [-0.25, -0.2) is 4.39 Å². The van der Waals surface area contributed by atoms with Crippen LogP contribution in [0.2, 0.25) is 0 Å². The molecule has 1 aromatic heterocycles. The maximum Gasteiger partial charge on any atom is 0.224 e. The molecular weight excluding hydrogens is 472 g/mol. The number of rotatable bonds is 8. The highest BCUT2D eigenvalue weighted by Gasteiger charge is 2.08. The number of aryl methyl sites for hydroxylation is 1. The van der Waals surface area contributed by atoms with Gasteiger partial charge < -0.3 is 20.1 Å². The normalized spacial score (nSPS) is 10.9. The highest BCUT2D eigenvalue weighted by atomic mass is 127. The molecule has 0 aliphatic heterocycles. The van der Waals surface area contributed by atoms with Crippen LogP contribution in [0.5, 0.6) is 0 Å². The molecule has 28 heavy (non-hydrogen) atoms. The molecule has 0 radical (unpaired) electrons. The molecule has 154 valence electrons. The number of carbonyl (C=O) groups excluding carboxylic acids is 1. The van der Waals surface area contributed by atoms with Crippen LogP contribution in [0, 0.1) is 5.82 Å². The van der Waals surface area contributed by atoms with Crippen LogP contribution >= 0.6 is 24.0 Å². The molecule has 0 aliphatic rings. The third kappa shape index (κ3) is 7.87. The van der Waals surface area contributed by atoms with Gasteiger partial charge in [-0.3, -0.25) is 9.79 Å². The van der Waals surface area contributed by atoms with Gasteiger partial charge in [-0.1, -0.05) is 12.1 Å². The minimum atomic E-state index is -0.332. The van der Waals surface area contributed by atoms with Gasteiger partial charge in [-0.2, -0.15) is 0 Å². The maximum atomic E-state index is 13.2. The largest absolute Gasteiger partial charge is 0.357 e. The number of nitrogens with one attached hydrogen (secondary N) is 2. The van der Waals surface area contributed by atoms with Gasteiger partial charge in [0.2, 0.25) is 5.91 Å². The molecular formula is C20H29FIN5O. The van der Waals surface area contributed by atoms with Crippen LogP contribution in [-0.2, 0) is 24.8 Å². The zero-order valence-electron chi connectivity index (χ0n) is 16.6. The smallest absolute Gasteiger partial charge is 0.224 e. The summed E-state index contributed by atoms with van der Waals surface area (Å²) in [6, 6.07) is 10.2. The van der Waals surface area contributed by atoms with Crippen molar-refractivity contribution in [2.75, 3.05) is 26.7 Å². The molecule has 1 aromatic carbocycles. The minimum Gasteiger partial charge on any atom is -0.357 e. The molecule has 0 fully saturated rings. The number of carbonyl (C=O) groups is 1. The lowest BCUT2D eigenvalue weighted by molar-refractivity contribution is -0.120. The molecule has 2 N–H and O–H groups in total. The standard InChI is InChI=1S/C20H28FN5O.HI/c1-4-22-20(26(3)15-18-9-6-12-25(18)2)24-11-10-23-19(27)14-16-7-5-8-17(21)13-16;/h5-9,12-13H,4,10-11,14-15H2,1-3H3,(H,22,24)(H,23,27);1H. The fourth-order valence-electron chi connectivity index (χ4n) is 2.70. The Morgan fingerprint density at radius 3 is 2.68 bits per heavy atom. The number of amides is 1. The summed E-state index contributed by atoms with van der Waals surface area (Å²) in [6.07, 6.45) is 2.18. The SMILES string of the molecule is CCNC(=NCCNC(=O)Cc1cccc(F)c1)N(C)Cc1cccn1C.I. The quantitative estimate of drug-likeness (QED) is 0.253. The summed E-state index contributed by atoms with van der Waals surface area (Å²) in [5.74, 6) is 0.317. The Kier molecular flexibility index (Phi) is 10.6. The average Bonchev–Trinajstić information content (AvgIpc) is 3.02. The Bertz CT molecular complexity index is 777. The predicted molar refractivity (Wildman–Crippen MR) is 121 cm³/mol. The lowest BCUT2D eigenvalue weighted by Crippen LogP contribution is -2.39. The van der Waals surface area contributed by atoms with E-state index in [1.54, 1.807) is 12.1 Å². The summed E-state index contributed by atoms with van der Waals surface area (Å²) in [6.45, 7) is 4.42. The average molecular weight is 501 g/mol. The van der Waals surface area contributed by atoms with E-state index in [4.69, 9.17) is 0 Å². The molecule has 0 saturated carbocycles. The number of hydrogen-bond acceptors (Lipinski definition) is 2. The number of benzene rings is 1. The Balaban J connectivity index is 0.00000392. The Hall–Kier alpha value is -2.10. The minimum absolute atomic E-state index is 0. The molecule has 6 nitrogen and oxygen atoms in total. The van der Waals surface area contributed by atoms with Gasteiger partial charge in [-0.15, -0.1) is 24.0 Å². The first kappa shape index (κ1) is 23.9. The summed E-state index contributed by atoms with van der Waals surface area (Å²) in [4.78, 5) is 18.6. The van der Waals surface area contributed by atoms with E-state index in [9.17, 15) is 9.18 Å². The van der Waals surface area contributed by atoms with Crippen LogP contribution in [0.3, 0.4) is 0 Å². The van der Waals surface area contributed by atoms with Crippen molar-refractivity contribution in [3.8, 4) is 0 Å². The van der Waals surface area contributed by atoms with Gasteiger partial charge in [0.05, 0.1) is 19.5 Å². The fraction of sp³-hybridized carbons (Fsp3) is 0.400. The van der Waals surface area contributed by atoms with Crippen molar-refractivity contribution in [2.24, 2.45) is 12.0 Å². The molecule has 0 bridgehead atoms. The topological polar surface area (TPSA) is 61.7 Å². The van der Waals surface area contributed by atoms with Crippen LogP contribution in [0.1, 0.15) is 18.2 Å². The van der Waals surface area contributed by atoms with Gasteiger partial charge in [0.1, 0.15) is 5.82 Å². The highest BCUT2D eigenvalue weighted by Crippen LogP contribution is 2.05. The van der Waals surface area contributed by atoms with Gasteiger partial charge in [0, 0.05) is 39.1 Å². The van der Waals surface area contributed by atoms with Crippen molar-refractivity contribution in [1.29, 1.82) is 0 Å². The Morgan fingerprint density at radius 1 is 1.25 bits per heavy atom. The number of hydrogen-bond donors (Lipinski definition) is 2.